The molecule has 1 aliphatic carbocycles. The van der Waals surface area contributed by atoms with Crippen molar-refractivity contribution < 1.29 is 19.8 Å². The molecule has 10 nitrogen and oxygen atoms in total. The highest BCUT2D eigenvalue weighted by Crippen LogP contribution is 2.31. The van der Waals surface area contributed by atoms with E-state index in [0.29, 0.717) is 29.6 Å². The Balaban J connectivity index is 1.41. The minimum atomic E-state index is -0.991. The first-order valence-electron chi connectivity index (χ1n) is 10.6. The van der Waals surface area contributed by atoms with E-state index in [9.17, 15) is 19.5 Å². The van der Waals surface area contributed by atoms with Crippen LogP contribution in [0.25, 0.3) is 0 Å². The summed E-state index contributed by atoms with van der Waals surface area (Å²) in [5.74, 6) is -0.275. The van der Waals surface area contributed by atoms with Gasteiger partial charge in [-0.1, -0.05) is 6.42 Å². The van der Waals surface area contributed by atoms with Crippen LogP contribution in [0.15, 0.2) is 4.79 Å². The smallest absolute Gasteiger partial charge is 0.320 e. The highest BCUT2D eigenvalue weighted by molar-refractivity contribution is 5.75. The molecular weight excluding hydrogens is 390 g/mol. The molecule has 2 atom stereocenters. The Morgan fingerprint density at radius 1 is 1.17 bits per heavy atom. The fourth-order valence-electron chi connectivity index (χ4n) is 4.58. The molecule has 30 heavy (non-hydrogen) atoms. The third-order valence-electron chi connectivity index (χ3n) is 6.30. The largest absolute Gasteiger partial charge is 0.481 e. The number of nitrogens with zero attached hydrogens (tertiary/aromatic N) is 1. The van der Waals surface area contributed by atoms with Gasteiger partial charge in [0.2, 0.25) is 5.95 Å². The van der Waals surface area contributed by atoms with Crippen molar-refractivity contribution in [2.75, 3.05) is 17.6 Å². The van der Waals surface area contributed by atoms with Crippen LogP contribution in [0.1, 0.15) is 56.9 Å². The van der Waals surface area contributed by atoms with Crippen LogP contribution in [0.3, 0.4) is 0 Å². The van der Waals surface area contributed by atoms with Crippen molar-refractivity contribution in [2.24, 2.45) is 11.8 Å². The Morgan fingerprint density at radius 3 is 2.53 bits per heavy atom. The average Bonchev–Trinajstić information content (AvgIpc) is 2.70. The fraction of sp³-hybridized carbons (Fsp3) is 0.700. The van der Waals surface area contributed by atoms with Gasteiger partial charge in [0.05, 0.1) is 5.56 Å². The van der Waals surface area contributed by atoms with E-state index >= 15 is 0 Å². The number of aliphatic carboxylic acids is 2. The number of rotatable bonds is 9. The molecule has 0 bridgehead atoms. The maximum absolute atomic E-state index is 12.1. The van der Waals surface area contributed by atoms with Gasteiger partial charge in [-0.25, -0.2) is 0 Å². The topological polar surface area (TPSA) is 170 Å². The number of anilines is 2. The SMILES string of the molecule is Nc1nc2c(c(=O)[nH]1)CC(CCC1CCC(N[C@@H](CCC(=O)O)C(=O)O)CC1)CN2. The van der Waals surface area contributed by atoms with Gasteiger partial charge in [-0.2, -0.15) is 4.98 Å². The minimum Gasteiger partial charge on any atom is -0.481 e. The second kappa shape index (κ2) is 9.92. The first-order valence-corrected chi connectivity index (χ1v) is 10.6. The van der Waals surface area contributed by atoms with E-state index in [2.05, 4.69) is 20.6 Å². The number of carboxylic acids is 2. The Kier molecular flexibility index (Phi) is 7.30. The molecule has 7 N–H and O–H groups in total. The normalized spacial score (nSPS) is 24.5. The summed E-state index contributed by atoms with van der Waals surface area (Å²) in [4.78, 5) is 40.9. The van der Waals surface area contributed by atoms with E-state index in [1.165, 1.54) is 0 Å². The van der Waals surface area contributed by atoms with Crippen LogP contribution in [0.5, 0.6) is 0 Å². The Morgan fingerprint density at radius 2 is 1.87 bits per heavy atom. The molecule has 0 saturated heterocycles. The molecule has 1 fully saturated rings. The molecule has 0 spiro atoms. The maximum atomic E-state index is 12.1. The van der Waals surface area contributed by atoms with Crippen molar-refractivity contribution in [3.05, 3.63) is 15.9 Å². The molecule has 1 aromatic rings. The van der Waals surface area contributed by atoms with E-state index in [1.54, 1.807) is 0 Å². The maximum Gasteiger partial charge on any atom is 0.320 e. The summed E-state index contributed by atoms with van der Waals surface area (Å²) >= 11 is 0. The molecule has 1 aromatic heterocycles. The van der Waals surface area contributed by atoms with E-state index in [1.807, 2.05) is 0 Å². The molecule has 0 aromatic carbocycles. The predicted molar refractivity (Wildman–Crippen MR) is 111 cm³/mol. The van der Waals surface area contributed by atoms with E-state index in [4.69, 9.17) is 10.8 Å². The Bertz CT molecular complexity index is 818. The lowest BCUT2D eigenvalue weighted by molar-refractivity contribution is -0.141. The monoisotopic (exact) mass is 421 g/mol. The van der Waals surface area contributed by atoms with Gasteiger partial charge in [0.25, 0.3) is 5.56 Å². The molecule has 0 amide bonds. The molecule has 0 radical (unpaired) electrons. The van der Waals surface area contributed by atoms with Crippen LogP contribution < -0.4 is 21.9 Å². The number of fused-ring (bicyclic) bond motifs is 1. The average molecular weight is 421 g/mol. The Hall–Kier alpha value is -2.62. The first-order chi connectivity index (χ1) is 14.3. The fourth-order valence-corrected chi connectivity index (χ4v) is 4.58. The first kappa shape index (κ1) is 22.1. The molecule has 1 aliphatic heterocycles. The molecule has 166 valence electrons. The lowest BCUT2D eigenvalue weighted by atomic mass is 9.80. The van der Waals surface area contributed by atoms with Crippen molar-refractivity contribution in [1.82, 2.24) is 15.3 Å². The highest BCUT2D eigenvalue weighted by Gasteiger charge is 2.28. The van der Waals surface area contributed by atoms with Crippen LogP contribution in [0.2, 0.25) is 0 Å². The summed E-state index contributed by atoms with van der Waals surface area (Å²) < 4.78 is 0. The number of aromatic nitrogens is 2. The summed E-state index contributed by atoms with van der Waals surface area (Å²) in [6.45, 7) is 0.781. The molecule has 3 rings (SSSR count). The van der Waals surface area contributed by atoms with Crippen LogP contribution in [0, 0.1) is 11.8 Å². The number of hydrogen-bond acceptors (Lipinski definition) is 7. The molecule has 2 heterocycles. The van der Waals surface area contributed by atoms with Gasteiger partial charge in [0.1, 0.15) is 11.9 Å². The second-order valence-electron chi connectivity index (χ2n) is 8.51. The lowest BCUT2D eigenvalue weighted by Gasteiger charge is -2.32. The third kappa shape index (κ3) is 5.94. The number of carbonyl (C=O) groups is 2. The van der Waals surface area contributed by atoms with Gasteiger partial charge in [-0.05, 0) is 56.8 Å². The van der Waals surface area contributed by atoms with Crippen molar-refractivity contribution in [1.29, 1.82) is 0 Å². The zero-order valence-corrected chi connectivity index (χ0v) is 17.0. The molecule has 1 saturated carbocycles. The second-order valence-corrected chi connectivity index (χ2v) is 8.51. The van der Waals surface area contributed by atoms with E-state index in [0.717, 1.165) is 45.1 Å². The zero-order valence-electron chi connectivity index (χ0n) is 17.0. The Labute approximate surface area is 174 Å². The highest BCUT2D eigenvalue weighted by atomic mass is 16.4. The molecule has 1 unspecified atom stereocenters. The number of carboxylic acid groups (broad SMARTS) is 2. The number of aromatic amines is 1. The van der Waals surface area contributed by atoms with E-state index in [-0.39, 0.29) is 30.4 Å². The van der Waals surface area contributed by atoms with Gasteiger partial charge in [0.15, 0.2) is 0 Å². The summed E-state index contributed by atoms with van der Waals surface area (Å²) in [5, 5.41) is 24.4. The van der Waals surface area contributed by atoms with Crippen LogP contribution in [-0.4, -0.2) is 50.7 Å². The zero-order chi connectivity index (χ0) is 21.7. The summed E-state index contributed by atoms with van der Waals surface area (Å²) in [6, 6.07) is -0.689. The van der Waals surface area contributed by atoms with Gasteiger partial charge in [-0.15, -0.1) is 0 Å². The number of hydrogen-bond donors (Lipinski definition) is 6. The van der Waals surface area contributed by atoms with Crippen LogP contribution in [-0.2, 0) is 16.0 Å². The summed E-state index contributed by atoms with van der Waals surface area (Å²) in [6.07, 6.45) is 6.60. The van der Waals surface area contributed by atoms with Crippen LogP contribution >= 0.6 is 0 Å². The quantitative estimate of drug-likeness (QED) is 0.342. The van der Waals surface area contributed by atoms with Gasteiger partial charge in [0, 0.05) is 19.0 Å². The summed E-state index contributed by atoms with van der Waals surface area (Å²) in [7, 11) is 0. The predicted octanol–water partition coefficient (Wildman–Crippen LogP) is 1.18. The van der Waals surface area contributed by atoms with Crippen molar-refractivity contribution in [3.63, 3.8) is 0 Å². The summed E-state index contributed by atoms with van der Waals surface area (Å²) in [5.41, 5.74) is 6.10. The van der Waals surface area contributed by atoms with Crippen molar-refractivity contribution in [2.45, 2.75) is 69.9 Å². The van der Waals surface area contributed by atoms with E-state index < -0.39 is 18.0 Å². The number of nitrogen functional groups attached to an aromatic ring is 1. The number of nitrogens with one attached hydrogen (secondary N) is 3. The third-order valence-corrected chi connectivity index (χ3v) is 6.30. The van der Waals surface area contributed by atoms with Crippen molar-refractivity contribution >= 4 is 23.7 Å². The van der Waals surface area contributed by atoms with Gasteiger partial charge in [-0.3, -0.25) is 19.4 Å². The number of nitrogens with two attached hydrogens (primary N) is 1. The molecule has 10 heteroatoms. The van der Waals surface area contributed by atoms with Gasteiger partial charge >= 0.3 is 11.9 Å². The molecule has 2 aliphatic rings. The van der Waals surface area contributed by atoms with Crippen molar-refractivity contribution in [3.8, 4) is 0 Å². The lowest BCUT2D eigenvalue weighted by Crippen LogP contribution is -2.45. The van der Waals surface area contributed by atoms with Gasteiger partial charge < -0.3 is 26.6 Å². The standard InChI is InChI=1S/C20H31N5O5/c21-20-24-17-14(18(28)25-20)9-12(10-22-17)2-1-11-3-5-13(6-4-11)23-15(19(29)30)7-8-16(26)27/h11-13,15,23H,1-10H2,(H,26,27)(H,29,30)(H4,21,22,24,25,28)/t11?,12?,13?,15-/m0/s1. The van der Waals surface area contributed by atoms with Crippen LogP contribution in [0.4, 0.5) is 11.8 Å². The number of H-pyrrole nitrogens is 1. The molecular formula is C20H31N5O5. The minimum absolute atomic E-state index is 0.0976.